The van der Waals surface area contributed by atoms with Crippen LogP contribution in [0.4, 0.5) is 4.79 Å². The average Bonchev–Trinajstić information content (AvgIpc) is 2.30. The maximum Gasteiger partial charge on any atom is 0.314 e. The number of amides is 2. The molecule has 0 aliphatic carbocycles. The summed E-state index contributed by atoms with van der Waals surface area (Å²) in [5.41, 5.74) is 5.26. The molecule has 6 heteroatoms. The number of nitrogens with one attached hydrogen (secondary N) is 2. The van der Waals surface area contributed by atoms with Gasteiger partial charge in [0.15, 0.2) is 0 Å². The Labute approximate surface area is 108 Å². The van der Waals surface area contributed by atoms with Gasteiger partial charge in [-0.1, -0.05) is 13.8 Å². The Bertz CT molecular complexity index is 257. The van der Waals surface area contributed by atoms with E-state index >= 15 is 0 Å². The number of carbonyl (C=O) groups excluding carboxylic acids is 1. The Morgan fingerprint density at radius 1 is 1.17 bits per heavy atom. The number of urea groups is 1. The zero-order valence-electron chi connectivity index (χ0n) is 11.2. The van der Waals surface area contributed by atoms with Gasteiger partial charge in [0, 0.05) is 26.1 Å². The van der Waals surface area contributed by atoms with E-state index < -0.39 is 5.97 Å². The summed E-state index contributed by atoms with van der Waals surface area (Å²) in [6, 6.07) is -0.221. The number of nitrogens with two attached hydrogens (primary N) is 1. The highest BCUT2D eigenvalue weighted by Gasteiger charge is 2.15. The molecule has 6 nitrogen and oxygen atoms in total. The van der Waals surface area contributed by atoms with Crippen molar-refractivity contribution in [3.8, 4) is 0 Å². The molecule has 18 heavy (non-hydrogen) atoms. The van der Waals surface area contributed by atoms with E-state index in [1.807, 2.05) is 0 Å². The van der Waals surface area contributed by atoms with E-state index in [-0.39, 0.29) is 12.5 Å². The molecule has 0 saturated carbocycles. The summed E-state index contributed by atoms with van der Waals surface area (Å²) in [4.78, 5) is 21.8. The summed E-state index contributed by atoms with van der Waals surface area (Å²) in [6.45, 7) is 5.57. The van der Waals surface area contributed by atoms with Crippen LogP contribution in [0.15, 0.2) is 0 Å². The van der Waals surface area contributed by atoms with Crippen LogP contribution in [0.1, 0.15) is 33.1 Å². The van der Waals surface area contributed by atoms with Crippen molar-refractivity contribution >= 4 is 12.0 Å². The monoisotopic (exact) mass is 259 g/mol. The molecule has 0 heterocycles. The second-order valence-corrected chi connectivity index (χ2v) is 4.70. The number of rotatable bonds is 9. The molecular weight excluding hydrogens is 234 g/mol. The van der Waals surface area contributed by atoms with E-state index in [1.54, 1.807) is 0 Å². The molecule has 0 aliphatic heterocycles. The van der Waals surface area contributed by atoms with E-state index in [1.165, 1.54) is 0 Å². The summed E-state index contributed by atoms with van der Waals surface area (Å²) in [7, 11) is 0. The van der Waals surface area contributed by atoms with E-state index in [9.17, 15) is 9.59 Å². The molecule has 5 N–H and O–H groups in total. The van der Waals surface area contributed by atoms with E-state index in [0.29, 0.717) is 37.9 Å². The Kier molecular flexibility index (Phi) is 9.00. The van der Waals surface area contributed by atoms with Crippen molar-refractivity contribution in [2.45, 2.75) is 33.1 Å². The SMILES string of the molecule is CC(C)C(CCNC(=O)NCCN)CCC(=O)O. The third-order valence-corrected chi connectivity index (χ3v) is 2.90. The van der Waals surface area contributed by atoms with Gasteiger partial charge in [-0.25, -0.2) is 4.79 Å². The first-order valence-electron chi connectivity index (χ1n) is 6.41. The molecule has 1 unspecified atom stereocenters. The molecule has 0 bridgehead atoms. The molecule has 0 rings (SSSR count). The van der Waals surface area contributed by atoms with E-state index in [4.69, 9.17) is 10.8 Å². The fourth-order valence-electron chi connectivity index (χ4n) is 1.74. The quantitative estimate of drug-likeness (QED) is 0.491. The lowest BCUT2D eigenvalue weighted by Gasteiger charge is -2.20. The number of carbonyl (C=O) groups is 2. The van der Waals surface area contributed by atoms with Crippen LogP contribution in [-0.2, 0) is 4.79 Å². The van der Waals surface area contributed by atoms with Gasteiger partial charge in [-0.3, -0.25) is 4.79 Å². The van der Waals surface area contributed by atoms with Gasteiger partial charge in [0.1, 0.15) is 0 Å². The van der Waals surface area contributed by atoms with E-state index in [2.05, 4.69) is 24.5 Å². The molecule has 106 valence electrons. The highest BCUT2D eigenvalue weighted by molar-refractivity contribution is 5.73. The largest absolute Gasteiger partial charge is 0.481 e. The number of hydrogen-bond donors (Lipinski definition) is 4. The zero-order valence-corrected chi connectivity index (χ0v) is 11.2. The molecular formula is C12H25N3O3. The highest BCUT2D eigenvalue weighted by atomic mass is 16.4. The summed E-state index contributed by atoms with van der Waals surface area (Å²) in [6.07, 6.45) is 1.63. The van der Waals surface area contributed by atoms with Crippen molar-refractivity contribution in [1.82, 2.24) is 10.6 Å². The van der Waals surface area contributed by atoms with E-state index in [0.717, 1.165) is 6.42 Å². The Morgan fingerprint density at radius 3 is 2.28 bits per heavy atom. The van der Waals surface area contributed by atoms with Crippen LogP contribution in [0.5, 0.6) is 0 Å². The Hall–Kier alpha value is -1.30. The second-order valence-electron chi connectivity index (χ2n) is 4.70. The molecule has 0 fully saturated rings. The van der Waals surface area contributed by atoms with Gasteiger partial charge in [0.25, 0.3) is 0 Å². The van der Waals surface area contributed by atoms with Crippen molar-refractivity contribution in [3.05, 3.63) is 0 Å². The van der Waals surface area contributed by atoms with Crippen LogP contribution < -0.4 is 16.4 Å². The van der Waals surface area contributed by atoms with Crippen molar-refractivity contribution < 1.29 is 14.7 Å². The van der Waals surface area contributed by atoms with Crippen molar-refractivity contribution in [1.29, 1.82) is 0 Å². The maximum absolute atomic E-state index is 11.2. The van der Waals surface area contributed by atoms with Gasteiger partial charge in [0.05, 0.1) is 0 Å². The predicted octanol–water partition coefficient (Wildman–Crippen LogP) is 0.771. The highest BCUT2D eigenvalue weighted by Crippen LogP contribution is 2.20. The first-order valence-corrected chi connectivity index (χ1v) is 6.41. The first kappa shape index (κ1) is 16.7. The second kappa shape index (κ2) is 9.70. The fraction of sp³-hybridized carbons (Fsp3) is 0.833. The molecule has 0 radical (unpaired) electrons. The fourth-order valence-corrected chi connectivity index (χ4v) is 1.74. The minimum atomic E-state index is -0.769. The van der Waals surface area contributed by atoms with Gasteiger partial charge in [-0.05, 0) is 24.7 Å². The molecule has 2 amide bonds. The summed E-state index contributed by atoms with van der Waals surface area (Å²) >= 11 is 0. The maximum atomic E-state index is 11.2. The van der Waals surface area contributed by atoms with Crippen molar-refractivity contribution in [3.63, 3.8) is 0 Å². The third-order valence-electron chi connectivity index (χ3n) is 2.90. The number of aliphatic carboxylic acids is 1. The van der Waals surface area contributed by atoms with Gasteiger partial charge < -0.3 is 21.5 Å². The molecule has 0 aromatic rings. The topological polar surface area (TPSA) is 104 Å². The average molecular weight is 259 g/mol. The first-order chi connectivity index (χ1) is 8.47. The predicted molar refractivity (Wildman–Crippen MR) is 70.3 cm³/mol. The van der Waals surface area contributed by atoms with Gasteiger partial charge in [-0.2, -0.15) is 0 Å². The smallest absolute Gasteiger partial charge is 0.314 e. The van der Waals surface area contributed by atoms with Crippen molar-refractivity contribution in [2.75, 3.05) is 19.6 Å². The number of carboxylic acids is 1. The summed E-state index contributed by atoms with van der Waals surface area (Å²) in [5, 5.41) is 14.0. The lowest BCUT2D eigenvalue weighted by molar-refractivity contribution is -0.137. The van der Waals surface area contributed by atoms with Crippen LogP contribution in [-0.4, -0.2) is 36.7 Å². The van der Waals surface area contributed by atoms with Crippen LogP contribution in [0.3, 0.4) is 0 Å². The normalized spacial score (nSPS) is 12.2. The van der Waals surface area contributed by atoms with Crippen LogP contribution in [0.2, 0.25) is 0 Å². The van der Waals surface area contributed by atoms with Gasteiger partial charge in [0.2, 0.25) is 0 Å². The molecule has 1 atom stereocenters. The molecule has 0 aromatic heterocycles. The molecule has 0 aromatic carbocycles. The minimum absolute atomic E-state index is 0.183. The standard InChI is InChI=1S/C12H25N3O3/c1-9(2)10(3-4-11(16)17)5-7-14-12(18)15-8-6-13/h9-10H,3-8,13H2,1-2H3,(H,16,17)(H2,14,15,18). The minimum Gasteiger partial charge on any atom is -0.481 e. The third kappa shape index (κ3) is 8.81. The lowest BCUT2D eigenvalue weighted by atomic mass is 9.88. The van der Waals surface area contributed by atoms with Crippen LogP contribution >= 0.6 is 0 Å². The van der Waals surface area contributed by atoms with Gasteiger partial charge in [-0.15, -0.1) is 0 Å². The molecule has 0 saturated heterocycles. The number of carboxylic acid groups (broad SMARTS) is 1. The summed E-state index contributed by atoms with van der Waals surface area (Å²) in [5.74, 6) is -0.0385. The zero-order chi connectivity index (χ0) is 14.0. The van der Waals surface area contributed by atoms with Crippen LogP contribution in [0.25, 0.3) is 0 Å². The molecule has 0 aliphatic rings. The van der Waals surface area contributed by atoms with Gasteiger partial charge >= 0.3 is 12.0 Å². The Balaban J connectivity index is 3.82. The molecule has 0 spiro atoms. The Morgan fingerprint density at radius 2 is 1.78 bits per heavy atom. The number of hydrogen-bond acceptors (Lipinski definition) is 3. The summed E-state index contributed by atoms with van der Waals surface area (Å²) < 4.78 is 0. The van der Waals surface area contributed by atoms with Crippen LogP contribution in [0, 0.1) is 11.8 Å². The lowest BCUT2D eigenvalue weighted by Crippen LogP contribution is -2.39. The van der Waals surface area contributed by atoms with Crippen molar-refractivity contribution in [2.24, 2.45) is 17.6 Å².